The number of anilines is 3. The second-order valence-corrected chi connectivity index (χ2v) is 6.12. The average molecular weight is 354 g/mol. The summed E-state index contributed by atoms with van der Waals surface area (Å²) in [4.78, 5) is 24.1. The first-order valence-electron chi connectivity index (χ1n) is 8.60. The number of amides is 1. The first-order chi connectivity index (χ1) is 12.7. The quantitative estimate of drug-likeness (QED) is 0.803. The normalized spacial score (nSPS) is 14.5. The highest BCUT2D eigenvalue weighted by molar-refractivity contribution is 5.96. The minimum atomic E-state index is -0.395. The van der Waals surface area contributed by atoms with Crippen LogP contribution in [0.15, 0.2) is 48.5 Å². The van der Waals surface area contributed by atoms with E-state index in [0.29, 0.717) is 24.5 Å². The van der Waals surface area contributed by atoms with Crippen molar-refractivity contribution in [3.63, 3.8) is 0 Å². The van der Waals surface area contributed by atoms with Crippen LogP contribution in [0.3, 0.4) is 0 Å². The van der Waals surface area contributed by atoms with Gasteiger partial charge in [-0.25, -0.2) is 4.79 Å². The lowest BCUT2D eigenvalue weighted by molar-refractivity contribution is -0.122. The highest BCUT2D eigenvalue weighted by atomic mass is 16.5. The number of ether oxygens (including phenoxy) is 2. The summed E-state index contributed by atoms with van der Waals surface area (Å²) in [6, 6.07) is 14.5. The second kappa shape index (κ2) is 8.49. The highest BCUT2D eigenvalue weighted by Crippen LogP contribution is 2.23. The summed E-state index contributed by atoms with van der Waals surface area (Å²) in [6.07, 6.45) is 1.52. The molecule has 2 aromatic carbocycles. The second-order valence-electron chi connectivity index (χ2n) is 6.12. The molecule has 1 aliphatic rings. The lowest BCUT2D eigenvalue weighted by atomic mass is 9.99. The molecule has 6 heteroatoms. The van der Waals surface area contributed by atoms with E-state index in [1.165, 1.54) is 7.11 Å². The Bertz CT molecular complexity index is 768. The van der Waals surface area contributed by atoms with Gasteiger partial charge in [-0.1, -0.05) is 12.1 Å². The number of methoxy groups -OCH3 is 1. The van der Waals surface area contributed by atoms with E-state index in [4.69, 9.17) is 9.47 Å². The van der Waals surface area contributed by atoms with Gasteiger partial charge in [0.2, 0.25) is 5.91 Å². The van der Waals surface area contributed by atoms with Crippen LogP contribution < -0.4 is 10.6 Å². The van der Waals surface area contributed by atoms with E-state index < -0.39 is 5.97 Å². The molecule has 1 amide bonds. The van der Waals surface area contributed by atoms with E-state index in [1.54, 1.807) is 12.1 Å². The number of esters is 1. The largest absolute Gasteiger partial charge is 0.465 e. The van der Waals surface area contributed by atoms with Crippen molar-refractivity contribution in [2.75, 3.05) is 31.0 Å². The van der Waals surface area contributed by atoms with Crippen molar-refractivity contribution in [2.24, 2.45) is 5.92 Å². The van der Waals surface area contributed by atoms with E-state index in [0.717, 1.165) is 24.2 Å². The predicted molar refractivity (Wildman–Crippen MR) is 99.7 cm³/mol. The number of hydrogen-bond acceptors (Lipinski definition) is 5. The molecule has 1 saturated heterocycles. The van der Waals surface area contributed by atoms with Crippen LogP contribution in [0.1, 0.15) is 23.2 Å². The molecule has 0 radical (unpaired) electrons. The Hall–Kier alpha value is -2.86. The molecule has 3 rings (SSSR count). The summed E-state index contributed by atoms with van der Waals surface area (Å²) in [7, 11) is 1.36. The SMILES string of the molecule is COC(=O)c1ccccc1Nc1ccc(NC(=O)C2CCOCC2)cc1. The minimum Gasteiger partial charge on any atom is -0.465 e. The van der Waals surface area contributed by atoms with Crippen molar-refractivity contribution in [1.82, 2.24) is 0 Å². The van der Waals surface area contributed by atoms with Crippen molar-refractivity contribution in [3.8, 4) is 0 Å². The Balaban J connectivity index is 1.65. The topological polar surface area (TPSA) is 76.7 Å². The van der Waals surface area contributed by atoms with Crippen molar-refractivity contribution in [3.05, 3.63) is 54.1 Å². The third-order valence-electron chi connectivity index (χ3n) is 4.36. The van der Waals surface area contributed by atoms with Crippen LogP contribution in [0, 0.1) is 5.92 Å². The van der Waals surface area contributed by atoms with Gasteiger partial charge in [-0.2, -0.15) is 0 Å². The fourth-order valence-electron chi connectivity index (χ4n) is 2.88. The predicted octanol–water partition coefficient (Wildman–Crippen LogP) is 3.58. The summed E-state index contributed by atoms with van der Waals surface area (Å²) in [6.45, 7) is 1.28. The first kappa shape index (κ1) is 17.9. The molecule has 136 valence electrons. The van der Waals surface area contributed by atoms with Crippen LogP contribution in [-0.2, 0) is 14.3 Å². The van der Waals surface area contributed by atoms with Gasteiger partial charge >= 0.3 is 5.97 Å². The molecular formula is C20H22N2O4. The Kier molecular flexibility index (Phi) is 5.86. The maximum absolute atomic E-state index is 12.3. The maximum Gasteiger partial charge on any atom is 0.339 e. The van der Waals surface area contributed by atoms with E-state index in [2.05, 4.69) is 10.6 Å². The number of carbonyl (C=O) groups is 2. The van der Waals surface area contributed by atoms with Gasteiger partial charge in [-0.3, -0.25) is 4.79 Å². The molecule has 1 aliphatic heterocycles. The molecule has 1 fully saturated rings. The van der Waals surface area contributed by atoms with Crippen LogP contribution >= 0.6 is 0 Å². The summed E-state index contributed by atoms with van der Waals surface area (Å²) >= 11 is 0. The van der Waals surface area contributed by atoms with Gasteiger partial charge in [-0.05, 0) is 49.2 Å². The molecule has 26 heavy (non-hydrogen) atoms. The molecule has 0 aliphatic carbocycles. The summed E-state index contributed by atoms with van der Waals surface area (Å²) < 4.78 is 10.1. The van der Waals surface area contributed by atoms with E-state index in [-0.39, 0.29) is 11.8 Å². The first-order valence-corrected chi connectivity index (χ1v) is 8.60. The van der Waals surface area contributed by atoms with Gasteiger partial charge in [0.15, 0.2) is 0 Å². The molecule has 6 nitrogen and oxygen atoms in total. The molecule has 0 saturated carbocycles. The number of benzene rings is 2. The van der Waals surface area contributed by atoms with Crippen molar-refractivity contribution >= 4 is 28.9 Å². The number of nitrogens with one attached hydrogen (secondary N) is 2. The fourth-order valence-corrected chi connectivity index (χ4v) is 2.88. The van der Waals surface area contributed by atoms with Gasteiger partial charge in [0.1, 0.15) is 0 Å². The molecule has 0 bridgehead atoms. The zero-order valence-corrected chi connectivity index (χ0v) is 14.7. The molecule has 0 spiro atoms. The number of carbonyl (C=O) groups excluding carboxylic acids is 2. The standard InChI is InChI=1S/C20H22N2O4/c1-25-20(24)17-4-2-3-5-18(17)21-15-6-8-16(9-7-15)22-19(23)14-10-12-26-13-11-14/h2-9,14,21H,10-13H2,1H3,(H,22,23). The van der Waals surface area contributed by atoms with Crippen LogP contribution in [0.5, 0.6) is 0 Å². The number of para-hydroxylation sites is 1. The van der Waals surface area contributed by atoms with Crippen LogP contribution in [0.2, 0.25) is 0 Å². The molecule has 2 N–H and O–H groups in total. The van der Waals surface area contributed by atoms with Crippen LogP contribution in [0.25, 0.3) is 0 Å². The number of rotatable bonds is 5. The lowest BCUT2D eigenvalue weighted by Gasteiger charge is -2.21. The van der Waals surface area contributed by atoms with E-state index in [9.17, 15) is 9.59 Å². The van der Waals surface area contributed by atoms with Crippen LogP contribution in [0.4, 0.5) is 17.1 Å². The van der Waals surface area contributed by atoms with Crippen LogP contribution in [-0.4, -0.2) is 32.2 Å². The smallest absolute Gasteiger partial charge is 0.339 e. The Labute approximate surface area is 152 Å². The van der Waals surface area contributed by atoms with E-state index >= 15 is 0 Å². The van der Waals surface area contributed by atoms with Crippen molar-refractivity contribution < 1.29 is 19.1 Å². The van der Waals surface area contributed by atoms with Gasteiger partial charge in [0.05, 0.1) is 18.4 Å². The number of hydrogen-bond donors (Lipinski definition) is 2. The molecule has 0 atom stereocenters. The van der Waals surface area contributed by atoms with Gasteiger partial charge < -0.3 is 20.1 Å². The van der Waals surface area contributed by atoms with Crippen molar-refractivity contribution in [2.45, 2.75) is 12.8 Å². The molecule has 0 aromatic heterocycles. The third kappa shape index (κ3) is 4.40. The summed E-state index contributed by atoms with van der Waals surface area (Å²) in [5.41, 5.74) is 2.68. The Morgan fingerprint density at radius 1 is 1.00 bits per heavy atom. The Morgan fingerprint density at radius 3 is 2.35 bits per heavy atom. The van der Waals surface area contributed by atoms with Crippen molar-refractivity contribution in [1.29, 1.82) is 0 Å². The minimum absolute atomic E-state index is 0.00786. The fraction of sp³-hybridized carbons (Fsp3) is 0.300. The summed E-state index contributed by atoms with van der Waals surface area (Å²) in [5.74, 6) is -0.355. The zero-order valence-electron chi connectivity index (χ0n) is 14.7. The molecule has 2 aromatic rings. The summed E-state index contributed by atoms with van der Waals surface area (Å²) in [5, 5.41) is 6.15. The molecule has 1 heterocycles. The van der Waals surface area contributed by atoms with E-state index in [1.807, 2.05) is 36.4 Å². The monoisotopic (exact) mass is 354 g/mol. The highest BCUT2D eigenvalue weighted by Gasteiger charge is 2.21. The lowest BCUT2D eigenvalue weighted by Crippen LogP contribution is -2.28. The third-order valence-corrected chi connectivity index (χ3v) is 4.36. The zero-order chi connectivity index (χ0) is 18.4. The molecule has 0 unspecified atom stereocenters. The molecular weight excluding hydrogens is 332 g/mol. The average Bonchev–Trinajstić information content (AvgIpc) is 2.70. The maximum atomic E-state index is 12.3. The van der Waals surface area contributed by atoms with Gasteiger partial charge in [-0.15, -0.1) is 0 Å². The van der Waals surface area contributed by atoms with Gasteiger partial charge in [0, 0.05) is 30.5 Å². The Morgan fingerprint density at radius 2 is 1.65 bits per heavy atom. The van der Waals surface area contributed by atoms with Gasteiger partial charge in [0.25, 0.3) is 0 Å².